The van der Waals surface area contributed by atoms with Crippen LogP contribution in [0.5, 0.6) is 5.88 Å². The zero-order valence-electron chi connectivity index (χ0n) is 10.1. The third-order valence-electron chi connectivity index (χ3n) is 2.25. The lowest BCUT2D eigenvalue weighted by Gasteiger charge is -2.07. The molecule has 2 aromatic rings. The van der Waals surface area contributed by atoms with Crippen molar-refractivity contribution in [2.45, 2.75) is 6.92 Å². The molecule has 6 heteroatoms. The Bertz CT molecular complexity index is 547. The van der Waals surface area contributed by atoms with Gasteiger partial charge in [0.15, 0.2) is 5.82 Å². The molecular formula is C12H13BrN4O. The zero-order chi connectivity index (χ0) is 13.0. The van der Waals surface area contributed by atoms with E-state index in [9.17, 15) is 0 Å². The molecule has 0 saturated heterocycles. The van der Waals surface area contributed by atoms with Crippen LogP contribution < -0.4 is 10.1 Å². The minimum absolute atomic E-state index is 0.545. The average molecular weight is 309 g/mol. The van der Waals surface area contributed by atoms with Crippen LogP contribution in [0.25, 0.3) is 11.5 Å². The maximum absolute atomic E-state index is 5.09. The summed E-state index contributed by atoms with van der Waals surface area (Å²) < 4.78 is 5.92. The summed E-state index contributed by atoms with van der Waals surface area (Å²) in [6.07, 6.45) is 1.71. The molecule has 2 rings (SSSR count). The number of rotatable bonds is 4. The molecule has 18 heavy (non-hydrogen) atoms. The maximum Gasteiger partial charge on any atom is 0.213 e. The van der Waals surface area contributed by atoms with Crippen LogP contribution in [0.4, 0.5) is 5.82 Å². The summed E-state index contributed by atoms with van der Waals surface area (Å²) in [4.78, 5) is 13.0. The average Bonchev–Trinajstić information content (AvgIpc) is 2.41. The van der Waals surface area contributed by atoms with Gasteiger partial charge < -0.3 is 10.1 Å². The highest BCUT2D eigenvalue weighted by Gasteiger charge is 2.08. The van der Waals surface area contributed by atoms with Crippen LogP contribution >= 0.6 is 15.9 Å². The van der Waals surface area contributed by atoms with Crippen LogP contribution in [0, 0.1) is 0 Å². The molecule has 0 aromatic carbocycles. The molecule has 0 atom stereocenters. The lowest BCUT2D eigenvalue weighted by molar-refractivity contribution is 0.398. The first-order valence-corrected chi connectivity index (χ1v) is 6.31. The molecule has 0 radical (unpaired) electrons. The Balaban J connectivity index is 2.40. The molecule has 0 spiro atoms. The number of aromatic nitrogens is 3. The first-order chi connectivity index (χ1) is 8.74. The second-order valence-electron chi connectivity index (χ2n) is 3.49. The molecule has 0 aliphatic heterocycles. The maximum atomic E-state index is 5.09. The van der Waals surface area contributed by atoms with E-state index < -0.39 is 0 Å². The quantitative estimate of drug-likeness (QED) is 0.941. The lowest BCUT2D eigenvalue weighted by Crippen LogP contribution is -2.03. The van der Waals surface area contributed by atoms with Gasteiger partial charge in [0.05, 0.1) is 11.6 Å². The van der Waals surface area contributed by atoms with Crippen molar-refractivity contribution in [1.29, 1.82) is 0 Å². The fourth-order valence-corrected chi connectivity index (χ4v) is 1.77. The molecule has 0 aliphatic rings. The molecule has 0 amide bonds. The van der Waals surface area contributed by atoms with Crippen molar-refractivity contribution >= 4 is 21.7 Å². The van der Waals surface area contributed by atoms with E-state index >= 15 is 0 Å². The number of nitrogens with zero attached hydrogens (tertiary/aromatic N) is 3. The Hall–Kier alpha value is -1.69. The van der Waals surface area contributed by atoms with Crippen LogP contribution in [-0.4, -0.2) is 28.6 Å². The van der Waals surface area contributed by atoms with Crippen molar-refractivity contribution in [1.82, 2.24) is 15.0 Å². The molecule has 94 valence electrons. The normalized spacial score (nSPS) is 10.2. The van der Waals surface area contributed by atoms with E-state index in [-0.39, 0.29) is 0 Å². The standard InChI is InChI=1S/C12H13BrN4O/c1-3-14-11-8(13)7-15-12(17-11)9-5-4-6-10(16-9)18-2/h4-7H,3H2,1-2H3,(H,14,15,17). The molecule has 2 aromatic heterocycles. The van der Waals surface area contributed by atoms with Crippen molar-refractivity contribution in [3.63, 3.8) is 0 Å². The number of methoxy groups -OCH3 is 1. The number of hydrogen-bond donors (Lipinski definition) is 1. The molecule has 0 fully saturated rings. The summed E-state index contributed by atoms with van der Waals surface area (Å²) in [5, 5.41) is 3.16. The molecule has 0 saturated carbocycles. The topological polar surface area (TPSA) is 59.9 Å². The second-order valence-corrected chi connectivity index (χ2v) is 4.34. The third-order valence-corrected chi connectivity index (χ3v) is 2.83. The first kappa shape index (κ1) is 12.8. The molecule has 2 heterocycles. The fraction of sp³-hybridized carbons (Fsp3) is 0.250. The highest BCUT2D eigenvalue weighted by Crippen LogP contribution is 2.23. The number of pyridine rings is 1. The Kier molecular flexibility index (Phi) is 4.09. The lowest BCUT2D eigenvalue weighted by atomic mass is 10.3. The molecule has 5 nitrogen and oxygen atoms in total. The van der Waals surface area contributed by atoms with E-state index in [0.717, 1.165) is 16.8 Å². The highest BCUT2D eigenvalue weighted by molar-refractivity contribution is 9.10. The summed E-state index contributed by atoms with van der Waals surface area (Å²) in [5.41, 5.74) is 0.681. The number of ether oxygens (including phenoxy) is 1. The van der Waals surface area contributed by atoms with Gasteiger partial charge in [0.2, 0.25) is 5.88 Å². The Morgan fingerprint density at radius 1 is 1.33 bits per heavy atom. The van der Waals surface area contributed by atoms with Crippen LogP contribution in [0.3, 0.4) is 0 Å². The van der Waals surface area contributed by atoms with Crippen LogP contribution in [-0.2, 0) is 0 Å². The minimum atomic E-state index is 0.545. The van der Waals surface area contributed by atoms with E-state index in [1.807, 2.05) is 19.1 Å². The summed E-state index contributed by atoms with van der Waals surface area (Å²) in [6.45, 7) is 2.80. The van der Waals surface area contributed by atoms with Gasteiger partial charge >= 0.3 is 0 Å². The van der Waals surface area contributed by atoms with Gasteiger partial charge in [-0.25, -0.2) is 15.0 Å². The molecule has 0 bridgehead atoms. The monoisotopic (exact) mass is 308 g/mol. The van der Waals surface area contributed by atoms with Gasteiger partial charge in [0.1, 0.15) is 11.5 Å². The number of anilines is 1. The minimum Gasteiger partial charge on any atom is -0.481 e. The third kappa shape index (κ3) is 2.76. The predicted molar refractivity (Wildman–Crippen MR) is 73.7 cm³/mol. The smallest absolute Gasteiger partial charge is 0.213 e. The largest absolute Gasteiger partial charge is 0.481 e. The molecule has 0 unspecified atom stereocenters. The Labute approximate surface area is 114 Å². The molecular weight excluding hydrogens is 296 g/mol. The van der Waals surface area contributed by atoms with Crippen molar-refractivity contribution < 1.29 is 4.74 Å². The fourth-order valence-electron chi connectivity index (χ4n) is 1.44. The highest BCUT2D eigenvalue weighted by atomic mass is 79.9. The molecule has 1 N–H and O–H groups in total. The van der Waals surface area contributed by atoms with Gasteiger partial charge in [0, 0.05) is 18.8 Å². The number of nitrogens with one attached hydrogen (secondary N) is 1. The predicted octanol–water partition coefficient (Wildman–Crippen LogP) is 2.74. The van der Waals surface area contributed by atoms with Gasteiger partial charge in [-0.15, -0.1) is 0 Å². The van der Waals surface area contributed by atoms with E-state index in [4.69, 9.17) is 4.74 Å². The number of hydrogen-bond acceptors (Lipinski definition) is 5. The number of halogens is 1. The van der Waals surface area contributed by atoms with Gasteiger partial charge in [-0.05, 0) is 28.9 Å². The summed E-state index contributed by atoms with van der Waals surface area (Å²) in [6, 6.07) is 5.49. The van der Waals surface area contributed by atoms with Crippen LogP contribution in [0.2, 0.25) is 0 Å². The summed E-state index contributed by atoms with van der Waals surface area (Å²) in [7, 11) is 1.58. The van der Waals surface area contributed by atoms with Crippen LogP contribution in [0.15, 0.2) is 28.9 Å². The SMILES string of the molecule is CCNc1nc(-c2cccc(OC)n2)ncc1Br. The van der Waals surface area contributed by atoms with Crippen molar-refractivity contribution in [3.8, 4) is 17.4 Å². The first-order valence-electron chi connectivity index (χ1n) is 5.52. The van der Waals surface area contributed by atoms with Gasteiger partial charge in [0.25, 0.3) is 0 Å². The van der Waals surface area contributed by atoms with Gasteiger partial charge in [-0.2, -0.15) is 0 Å². The van der Waals surface area contributed by atoms with Crippen molar-refractivity contribution in [2.75, 3.05) is 19.0 Å². The van der Waals surface area contributed by atoms with E-state index in [0.29, 0.717) is 17.4 Å². The summed E-state index contributed by atoms with van der Waals surface area (Å²) >= 11 is 3.40. The van der Waals surface area contributed by atoms with E-state index in [2.05, 4.69) is 36.2 Å². The van der Waals surface area contributed by atoms with Crippen LogP contribution in [0.1, 0.15) is 6.92 Å². The molecule has 0 aliphatic carbocycles. The van der Waals surface area contributed by atoms with Gasteiger partial charge in [-0.1, -0.05) is 6.07 Å². The zero-order valence-corrected chi connectivity index (χ0v) is 11.7. The second kappa shape index (κ2) is 5.77. The van der Waals surface area contributed by atoms with Crippen molar-refractivity contribution in [2.24, 2.45) is 0 Å². The summed E-state index contributed by atoms with van der Waals surface area (Å²) in [5.74, 6) is 1.86. The van der Waals surface area contributed by atoms with Crippen molar-refractivity contribution in [3.05, 3.63) is 28.9 Å². The Morgan fingerprint density at radius 3 is 2.89 bits per heavy atom. The Morgan fingerprint density at radius 2 is 2.17 bits per heavy atom. The van der Waals surface area contributed by atoms with E-state index in [1.54, 1.807) is 19.4 Å². The van der Waals surface area contributed by atoms with Gasteiger partial charge in [-0.3, -0.25) is 0 Å². The van der Waals surface area contributed by atoms with E-state index in [1.165, 1.54) is 0 Å².